The molecule has 0 amide bonds. The van der Waals surface area contributed by atoms with Gasteiger partial charge in [-0.1, -0.05) is 11.5 Å². The minimum atomic E-state index is 1.26. The number of fused-ring (bicyclic) bond motifs is 1. The van der Waals surface area contributed by atoms with E-state index in [0.29, 0.717) is 0 Å². The third-order valence-electron chi connectivity index (χ3n) is 1.26. The highest BCUT2D eigenvalue weighted by Gasteiger charge is 1.96. The van der Waals surface area contributed by atoms with Crippen LogP contribution in [0.25, 0.3) is 12.2 Å². The van der Waals surface area contributed by atoms with Crippen LogP contribution in [0.2, 0.25) is 0 Å². The average Bonchev–Trinajstić information content (AvgIpc) is 2.33. The molecule has 0 nitrogen and oxygen atoms in total. The van der Waals surface area contributed by atoms with E-state index in [2.05, 4.69) is 22.2 Å². The predicted molar refractivity (Wildman–Crippen MR) is 40.3 cm³/mol. The van der Waals surface area contributed by atoms with Crippen molar-refractivity contribution in [3.63, 3.8) is 0 Å². The summed E-state index contributed by atoms with van der Waals surface area (Å²) in [5.74, 6) is 0. The van der Waals surface area contributed by atoms with E-state index in [1.165, 1.54) is 11.1 Å². The van der Waals surface area contributed by atoms with Crippen LogP contribution in [0.5, 0.6) is 0 Å². The van der Waals surface area contributed by atoms with Crippen LogP contribution in [0.3, 0.4) is 0 Å². The molecule has 1 aliphatic rings. The molecule has 9 heavy (non-hydrogen) atoms. The van der Waals surface area contributed by atoms with Gasteiger partial charge in [-0.2, -0.15) is 11.3 Å². The van der Waals surface area contributed by atoms with Gasteiger partial charge in [0.15, 0.2) is 0 Å². The minimum Gasteiger partial charge on any atom is -0.151 e. The Morgan fingerprint density at radius 1 is 1.00 bits per heavy atom. The number of hydrogen-bond donors (Lipinski definition) is 0. The van der Waals surface area contributed by atoms with Gasteiger partial charge in [0, 0.05) is 11.1 Å². The van der Waals surface area contributed by atoms with Crippen LogP contribution >= 0.6 is 11.3 Å². The van der Waals surface area contributed by atoms with Crippen LogP contribution in [0.1, 0.15) is 11.1 Å². The Morgan fingerprint density at radius 3 is 2.11 bits per heavy atom. The van der Waals surface area contributed by atoms with Gasteiger partial charge in [0.25, 0.3) is 0 Å². The molecule has 0 atom stereocenters. The Hall–Kier alpha value is -1.00. The molecule has 42 valence electrons. The van der Waals surface area contributed by atoms with E-state index in [1.807, 2.05) is 12.2 Å². The van der Waals surface area contributed by atoms with Gasteiger partial charge < -0.3 is 0 Å². The number of thiophene rings is 1. The van der Waals surface area contributed by atoms with Gasteiger partial charge in [0.2, 0.25) is 0 Å². The highest BCUT2D eigenvalue weighted by molar-refractivity contribution is 7.08. The van der Waals surface area contributed by atoms with Crippen LogP contribution < -0.4 is 0 Å². The zero-order valence-corrected chi connectivity index (χ0v) is 5.53. The molecule has 0 spiro atoms. The third kappa shape index (κ3) is 0.684. The SMILES string of the molecule is C1=C=Cc2cscc2C=1. The quantitative estimate of drug-likeness (QED) is 0.483. The molecule has 1 aromatic rings. The van der Waals surface area contributed by atoms with Crippen LogP contribution in [-0.4, -0.2) is 0 Å². The fourth-order valence-corrected chi connectivity index (χ4v) is 1.56. The predicted octanol–water partition coefficient (Wildman–Crippen LogP) is 2.54. The van der Waals surface area contributed by atoms with E-state index in [1.54, 1.807) is 11.3 Å². The summed E-state index contributed by atoms with van der Waals surface area (Å²) in [6.45, 7) is 0. The van der Waals surface area contributed by atoms with Gasteiger partial charge in [0.05, 0.1) is 0 Å². The molecular weight excluding hydrogens is 128 g/mol. The Bertz CT molecular complexity index is 288. The first-order valence-corrected chi connectivity index (χ1v) is 3.65. The lowest BCUT2D eigenvalue weighted by Gasteiger charge is -1.87. The molecule has 0 fully saturated rings. The molecule has 0 bridgehead atoms. The second-order valence-electron chi connectivity index (χ2n) is 1.86. The van der Waals surface area contributed by atoms with E-state index in [-0.39, 0.29) is 0 Å². The van der Waals surface area contributed by atoms with Gasteiger partial charge in [-0.3, -0.25) is 0 Å². The van der Waals surface area contributed by atoms with Crippen molar-refractivity contribution in [2.75, 3.05) is 0 Å². The fourth-order valence-electron chi connectivity index (χ4n) is 0.790. The van der Waals surface area contributed by atoms with Crippen molar-refractivity contribution in [2.24, 2.45) is 0 Å². The first kappa shape index (κ1) is 4.84. The molecule has 2 rings (SSSR count). The summed E-state index contributed by atoms with van der Waals surface area (Å²) in [6, 6.07) is 0. The van der Waals surface area contributed by atoms with E-state index in [0.717, 1.165) is 0 Å². The standard InChI is InChI=1S/C8H4S/c1-2-4-8-6-9-5-7(8)3-1/h3-6H. The maximum absolute atomic E-state index is 2.90. The first-order valence-electron chi connectivity index (χ1n) is 2.70. The van der Waals surface area contributed by atoms with Crippen molar-refractivity contribution < 1.29 is 0 Å². The summed E-state index contributed by atoms with van der Waals surface area (Å²) < 4.78 is 0. The molecule has 0 saturated heterocycles. The molecule has 1 aliphatic carbocycles. The minimum absolute atomic E-state index is 1.26. The largest absolute Gasteiger partial charge is 0.151 e. The molecule has 0 unspecified atom stereocenters. The van der Waals surface area contributed by atoms with E-state index < -0.39 is 0 Å². The third-order valence-corrected chi connectivity index (χ3v) is 2.04. The monoisotopic (exact) mass is 132 g/mol. The van der Waals surface area contributed by atoms with Gasteiger partial charge in [0.1, 0.15) is 0 Å². The lowest BCUT2D eigenvalue weighted by molar-refractivity contribution is 1.78. The number of hydrogen-bond acceptors (Lipinski definition) is 1. The van der Waals surface area contributed by atoms with E-state index >= 15 is 0 Å². The van der Waals surface area contributed by atoms with Crippen molar-refractivity contribution in [1.82, 2.24) is 0 Å². The number of rotatable bonds is 0. The lowest BCUT2D eigenvalue weighted by atomic mass is 10.1. The highest BCUT2D eigenvalue weighted by atomic mass is 32.1. The summed E-state index contributed by atoms with van der Waals surface area (Å²) in [7, 11) is 0. The second kappa shape index (κ2) is 1.75. The molecule has 0 saturated carbocycles. The van der Waals surface area contributed by atoms with E-state index in [4.69, 9.17) is 0 Å². The van der Waals surface area contributed by atoms with Crippen LogP contribution in [-0.2, 0) is 0 Å². The lowest BCUT2D eigenvalue weighted by Crippen LogP contribution is -1.70. The Labute approximate surface area is 57.5 Å². The average molecular weight is 132 g/mol. The molecule has 0 aliphatic heterocycles. The molecule has 0 radical (unpaired) electrons. The molecular formula is C8H4S. The van der Waals surface area contributed by atoms with E-state index in [9.17, 15) is 0 Å². The summed E-state index contributed by atoms with van der Waals surface area (Å²) in [4.78, 5) is 0. The van der Waals surface area contributed by atoms with Gasteiger partial charge >= 0.3 is 0 Å². The zero-order chi connectivity index (χ0) is 6.10. The van der Waals surface area contributed by atoms with Gasteiger partial charge in [-0.25, -0.2) is 0 Å². The Kier molecular flexibility index (Phi) is 0.941. The summed E-state index contributed by atoms with van der Waals surface area (Å²) in [5, 5.41) is 4.22. The Balaban J connectivity index is 2.79. The topological polar surface area (TPSA) is 0 Å². The smallest absolute Gasteiger partial charge is 0.00134 e. The fraction of sp³-hybridized carbons (Fsp3) is 0. The molecule has 1 heterocycles. The van der Waals surface area contributed by atoms with Gasteiger partial charge in [-0.05, 0) is 22.9 Å². The molecule has 0 N–H and O–H groups in total. The van der Waals surface area contributed by atoms with Crippen molar-refractivity contribution in [2.45, 2.75) is 0 Å². The molecule has 1 heteroatoms. The maximum Gasteiger partial charge on any atom is 0.00134 e. The normalized spacial score (nSPS) is 12.0. The maximum atomic E-state index is 2.90. The summed E-state index contributed by atoms with van der Waals surface area (Å²) in [5.41, 5.74) is 8.33. The van der Waals surface area contributed by atoms with Gasteiger partial charge in [-0.15, -0.1) is 0 Å². The van der Waals surface area contributed by atoms with Crippen molar-refractivity contribution in [1.29, 1.82) is 0 Å². The van der Waals surface area contributed by atoms with Crippen LogP contribution in [0.15, 0.2) is 22.2 Å². The first-order chi connectivity index (χ1) is 4.47. The van der Waals surface area contributed by atoms with Crippen LogP contribution in [0.4, 0.5) is 0 Å². The highest BCUT2D eigenvalue weighted by Crippen LogP contribution is 2.18. The second-order valence-corrected chi connectivity index (χ2v) is 2.60. The summed E-state index contributed by atoms with van der Waals surface area (Å²) in [6.07, 6.45) is 3.90. The van der Waals surface area contributed by atoms with Crippen molar-refractivity contribution in [3.8, 4) is 0 Å². The zero-order valence-electron chi connectivity index (χ0n) is 4.72. The van der Waals surface area contributed by atoms with Crippen molar-refractivity contribution >= 4 is 23.5 Å². The molecule has 1 aromatic heterocycles. The van der Waals surface area contributed by atoms with Crippen molar-refractivity contribution in [3.05, 3.63) is 33.3 Å². The summed E-state index contributed by atoms with van der Waals surface area (Å²) >= 11 is 1.71. The Morgan fingerprint density at radius 2 is 1.56 bits per heavy atom. The molecule has 0 aromatic carbocycles. The van der Waals surface area contributed by atoms with Crippen LogP contribution in [0, 0.1) is 0 Å².